The molecule has 1 fully saturated rings. The van der Waals surface area contributed by atoms with Crippen molar-refractivity contribution in [1.29, 1.82) is 0 Å². The van der Waals surface area contributed by atoms with E-state index in [0.717, 1.165) is 59.1 Å². The molecule has 1 saturated carbocycles. The summed E-state index contributed by atoms with van der Waals surface area (Å²) >= 11 is 34.9. The summed E-state index contributed by atoms with van der Waals surface area (Å²) in [6.07, 6.45) is 13.1. The molecule has 0 amide bonds. The van der Waals surface area contributed by atoms with Crippen molar-refractivity contribution in [1.82, 2.24) is 43.0 Å². The highest BCUT2D eigenvalue weighted by molar-refractivity contribution is 8.00. The number of rotatable bonds is 17. The Balaban J connectivity index is 0.000000143. The first kappa shape index (κ1) is 67.1. The summed E-state index contributed by atoms with van der Waals surface area (Å²) < 4.78 is 101. The molecule has 1 aliphatic rings. The zero-order valence-electron chi connectivity index (χ0n) is 50.1. The second-order valence-electron chi connectivity index (χ2n) is 21.4. The van der Waals surface area contributed by atoms with Crippen LogP contribution in [-0.4, -0.2) is 60.4 Å². The molecule has 0 aliphatic heterocycles. The smallest absolute Gasteiger partial charge is 0.166 e. The third kappa shape index (κ3) is 13.0. The van der Waals surface area contributed by atoms with Gasteiger partial charge in [0.2, 0.25) is 0 Å². The van der Waals surface area contributed by atoms with Gasteiger partial charge in [0, 0.05) is 85.6 Å². The van der Waals surface area contributed by atoms with Gasteiger partial charge in [0.1, 0.15) is 27.8 Å². The lowest BCUT2D eigenvalue weighted by Crippen LogP contribution is -2.01. The van der Waals surface area contributed by atoms with Crippen molar-refractivity contribution < 1.29 is 40.7 Å². The number of ketones is 3. The molecule has 6 aromatic heterocycles. The fraction of sp³-hybridized carbons (Fsp3) is 0.194. The zero-order chi connectivity index (χ0) is 66.4. The number of hydrogen-bond acceptors (Lipinski definition) is 9. The summed E-state index contributed by atoms with van der Waals surface area (Å²) in [5, 5.41) is 14.8. The van der Waals surface area contributed by atoms with Gasteiger partial charge in [0.05, 0.1) is 93.8 Å². The molecule has 0 unspecified atom stereocenters. The summed E-state index contributed by atoms with van der Waals surface area (Å²) in [6.45, 7) is 11.9. The number of Topliss-reactive ketones (excluding diaryl/α,β-unsaturated/α-hetero) is 3. The van der Waals surface area contributed by atoms with E-state index in [-0.39, 0.29) is 86.2 Å². The monoisotopic (exact) mass is 1420 g/mol. The average molecular weight is 1420 g/mol. The predicted octanol–water partition coefficient (Wildman–Crippen LogP) is 21.0. The van der Waals surface area contributed by atoms with E-state index in [2.05, 4.69) is 15.3 Å². The van der Waals surface area contributed by atoms with Crippen molar-refractivity contribution in [3.63, 3.8) is 0 Å². The van der Waals surface area contributed by atoms with Gasteiger partial charge in [-0.15, -0.1) is 0 Å². The van der Waals surface area contributed by atoms with Gasteiger partial charge in [-0.25, -0.2) is 26.3 Å². The Morgan fingerprint density at radius 2 is 0.785 bits per heavy atom. The molecule has 12 nitrogen and oxygen atoms in total. The summed E-state index contributed by atoms with van der Waals surface area (Å²) in [5.41, 5.74) is 3.52. The van der Waals surface area contributed by atoms with E-state index in [0.29, 0.717) is 67.4 Å². The van der Waals surface area contributed by atoms with E-state index >= 15 is 17.6 Å². The van der Waals surface area contributed by atoms with Gasteiger partial charge in [0.15, 0.2) is 34.8 Å². The molecule has 0 spiro atoms. The van der Waals surface area contributed by atoms with E-state index in [1.165, 1.54) is 78.1 Å². The van der Waals surface area contributed by atoms with Crippen LogP contribution in [0.15, 0.2) is 158 Å². The maximum Gasteiger partial charge on any atom is 0.166 e. The number of carbonyl (C=O) groups excluding carboxylic acids is 3. The Morgan fingerprint density at radius 1 is 0.452 bits per heavy atom. The molecule has 26 heteroatoms. The first-order valence-corrected chi connectivity index (χ1v) is 33.3. The fourth-order valence-corrected chi connectivity index (χ4v) is 15.1. The van der Waals surface area contributed by atoms with Crippen LogP contribution in [0, 0.1) is 34.9 Å². The number of aryl methyl sites for hydroxylation is 3. The minimum absolute atomic E-state index is 0.0140. The first-order valence-electron chi connectivity index (χ1n) is 28.9. The molecule has 0 saturated heterocycles. The Bertz CT molecular complexity index is 4960. The molecule has 0 radical (unpaired) electrons. The van der Waals surface area contributed by atoms with Crippen molar-refractivity contribution >= 4 is 143 Å². The Morgan fingerprint density at radius 3 is 1.13 bits per heavy atom. The predicted molar refractivity (Wildman–Crippen MR) is 357 cm³/mol. The quantitative estimate of drug-likeness (QED) is 0.0648. The Labute approximate surface area is 566 Å². The second-order valence-corrected chi connectivity index (χ2v) is 26.5. The summed E-state index contributed by atoms with van der Waals surface area (Å²) in [5.74, 6) is -4.47. The number of fused-ring (bicyclic) bond motifs is 3. The molecule has 1 aliphatic carbocycles. The van der Waals surface area contributed by atoms with E-state index in [9.17, 15) is 23.2 Å². The average Bonchev–Trinajstić information content (AvgIpc) is 1.59. The van der Waals surface area contributed by atoms with Gasteiger partial charge in [-0.2, -0.15) is 15.3 Å². The fourth-order valence-electron chi connectivity index (χ4n) is 10.6. The maximum absolute atomic E-state index is 15.4. The highest BCUT2D eigenvalue weighted by atomic mass is 35.5. The van der Waals surface area contributed by atoms with Crippen LogP contribution in [-0.2, 0) is 19.6 Å². The molecule has 478 valence electrons. The van der Waals surface area contributed by atoms with Crippen LogP contribution in [0.4, 0.5) is 26.3 Å². The highest BCUT2D eigenvalue weighted by Crippen LogP contribution is 2.53. The SMILES string of the molecule is CCCn1cc(-n2c(Cl)c(Sc3cccc(C(C)=O)c3F)c3ccc(Cl)c(F)c32)cn1.CCn1cc(-n2c(C3CC3)c(Sc3cccc(C(C)=O)c3F)c3ccc(Cl)c(F)c32)cn1.CCn1cc(-n2c(Cl)c(Sc3cccc(C(C)=O)c3F)c3ccc(Cl)c(F)c32)cn1. The van der Waals surface area contributed by atoms with Gasteiger partial charge in [0.25, 0.3) is 0 Å². The molecular formula is C67H52Cl5F6N9O3S3. The van der Waals surface area contributed by atoms with Crippen LogP contribution in [0.1, 0.15) is 103 Å². The third-order valence-electron chi connectivity index (χ3n) is 15.2. The molecule has 6 aromatic carbocycles. The van der Waals surface area contributed by atoms with Crippen molar-refractivity contribution in [2.24, 2.45) is 0 Å². The number of halogens is 11. The number of aromatic nitrogens is 9. The normalized spacial score (nSPS) is 12.2. The number of hydrogen-bond donors (Lipinski definition) is 0. The van der Waals surface area contributed by atoms with E-state index < -0.39 is 34.9 Å². The molecule has 13 rings (SSSR count). The van der Waals surface area contributed by atoms with Gasteiger partial charge in [-0.05, 0) is 127 Å². The van der Waals surface area contributed by atoms with E-state index in [1.807, 2.05) is 31.5 Å². The Kier molecular flexibility index (Phi) is 20.1. The standard InChI is InChI=1S/C24H20ClF2N3OS.C22H17Cl2F2N3OS.C21H15Cl2F2N3OS/c1-3-29-12-15(11-28-29)30-22(14-7-8-14)24(17-9-10-18(25)21(27)23(17)30)32-19-6-4-5-16(13(2)31)20(19)26;1-3-9-28-11-13(10-27-28)29-20-15(7-8-16(23)19(20)26)21(22(29)24)31-17-6-4-5-14(12(2)30)18(17)25;1-3-27-10-12(9-26-27)28-19-14(7-8-15(22)18(19)25)20(21(28)23)30-16-6-4-5-13(11(2)29)17(16)24/h4-6,9-12,14H,3,7-8H2,1-2H3;4-8,10-11H,3,9H2,1-2H3;4-10H,3H2,1-2H3. The van der Waals surface area contributed by atoms with E-state index in [4.69, 9.17) is 58.0 Å². The molecule has 0 atom stereocenters. The summed E-state index contributed by atoms with van der Waals surface area (Å²) in [7, 11) is 0. The molecular weight excluding hydrogens is 1370 g/mol. The van der Waals surface area contributed by atoms with Crippen LogP contribution >= 0.6 is 93.3 Å². The van der Waals surface area contributed by atoms with Crippen molar-refractivity contribution in [3.8, 4) is 17.1 Å². The lowest BCUT2D eigenvalue weighted by Gasteiger charge is -2.11. The van der Waals surface area contributed by atoms with Crippen LogP contribution in [0.25, 0.3) is 49.8 Å². The molecule has 0 N–H and O–H groups in total. The number of nitrogens with zero attached hydrogens (tertiary/aromatic N) is 9. The molecule has 0 bridgehead atoms. The van der Waals surface area contributed by atoms with E-state index in [1.54, 1.807) is 99.6 Å². The third-order valence-corrected chi connectivity index (χ3v) is 20.5. The van der Waals surface area contributed by atoms with Gasteiger partial charge in [-0.1, -0.05) is 118 Å². The molecule has 6 heterocycles. The van der Waals surface area contributed by atoms with Gasteiger partial charge < -0.3 is 4.57 Å². The second kappa shape index (κ2) is 27.9. The number of carbonyl (C=O) groups is 3. The van der Waals surface area contributed by atoms with Crippen LogP contribution in [0.3, 0.4) is 0 Å². The van der Waals surface area contributed by atoms with Crippen molar-refractivity contribution in [2.75, 3.05) is 0 Å². The van der Waals surface area contributed by atoms with Crippen molar-refractivity contribution in [3.05, 3.63) is 211 Å². The zero-order valence-corrected chi connectivity index (χ0v) is 56.3. The highest BCUT2D eigenvalue weighted by Gasteiger charge is 2.35. The van der Waals surface area contributed by atoms with Crippen LogP contribution in [0.2, 0.25) is 25.4 Å². The molecule has 93 heavy (non-hydrogen) atoms. The Hall–Kier alpha value is -7.34. The van der Waals surface area contributed by atoms with Crippen LogP contribution < -0.4 is 0 Å². The van der Waals surface area contributed by atoms with Gasteiger partial charge in [-0.3, -0.25) is 37.6 Å². The van der Waals surface area contributed by atoms with Gasteiger partial charge >= 0.3 is 0 Å². The summed E-state index contributed by atoms with van der Waals surface area (Å²) in [4.78, 5) is 37.7. The topological polar surface area (TPSA) is 119 Å². The minimum atomic E-state index is -0.639. The first-order chi connectivity index (χ1) is 44.6. The van der Waals surface area contributed by atoms with Crippen molar-refractivity contribution in [2.45, 2.75) is 116 Å². The maximum atomic E-state index is 15.4. The van der Waals surface area contributed by atoms with Crippen LogP contribution in [0.5, 0.6) is 0 Å². The lowest BCUT2D eigenvalue weighted by atomic mass is 10.1. The minimum Gasteiger partial charge on any atom is -0.306 e. The lowest BCUT2D eigenvalue weighted by molar-refractivity contribution is 0.1000. The number of benzene rings is 6. The largest absolute Gasteiger partial charge is 0.306 e. The summed E-state index contributed by atoms with van der Waals surface area (Å²) in [6, 6.07) is 23.4. The molecule has 12 aromatic rings.